The van der Waals surface area contributed by atoms with Crippen LogP contribution in [0.3, 0.4) is 0 Å². The van der Waals surface area contributed by atoms with Gasteiger partial charge in [0.15, 0.2) is 5.78 Å². The summed E-state index contributed by atoms with van der Waals surface area (Å²) in [6.07, 6.45) is 1.41. The summed E-state index contributed by atoms with van der Waals surface area (Å²) < 4.78 is 0. The average Bonchev–Trinajstić information content (AvgIpc) is 2.17. The van der Waals surface area contributed by atoms with E-state index in [0.29, 0.717) is 6.54 Å². The van der Waals surface area contributed by atoms with E-state index in [2.05, 4.69) is 37.1 Å². The maximum absolute atomic E-state index is 11.2. The lowest BCUT2D eigenvalue weighted by Gasteiger charge is -2.42. The third-order valence-corrected chi connectivity index (χ3v) is 2.93. The van der Waals surface area contributed by atoms with Crippen molar-refractivity contribution in [1.82, 2.24) is 9.80 Å². The van der Waals surface area contributed by atoms with Gasteiger partial charge in [0.05, 0.1) is 6.54 Å². The van der Waals surface area contributed by atoms with E-state index in [-0.39, 0.29) is 11.3 Å². The molecule has 0 N–H and O–H groups in total. The van der Waals surface area contributed by atoms with Gasteiger partial charge in [-0.05, 0) is 26.8 Å². The fourth-order valence-corrected chi connectivity index (χ4v) is 1.86. The van der Waals surface area contributed by atoms with Gasteiger partial charge in [0.25, 0.3) is 0 Å². The molecule has 0 aromatic heterocycles. The van der Waals surface area contributed by atoms with Crippen LogP contribution in [0.2, 0.25) is 0 Å². The molecule has 0 unspecified atom stereocenters. The lowest BCUT2D eigenvalue weighted by molar-refractivity contribution is -0.116. The maximum Gasteiger partial charge on any atom is 0.169 e. The summed E-state index contributed by atoms with van der Waals surface area (Å²) in [6, 6.07) is 0. The Morgan fingerprint density at radius 1 is 1.27 bits per heavy atom. The first kappa shape index (κ1) is 12.4. The molecular weight excluding hydrogens is 188 g/mol. The largest absolute Gasteiger partial charge is 0.296 e. The number of nitrogens with zero attached hydrogens (tertiary/aromatic N) is 2. The van der Waals surface area contributed by atoms with Gasteiger partial charge in [-0.25, -0.2) is 0 Å². The molecule has 0 atom stereocenters. The van der Waals surface area contributed by atoms with Crippen LogP contribution in [0.15, 0.2) is 12.7 Å². The van der Waals surface area contributed by atoms with Crippen LogP contribution in [-0.4, -0.2) is 53.8 Å². The number of rotatable bonds is 3. The number of hydrogen-bond donors (Lipinski definition) is 0. The fourth-order valence-electron chi connectivity index (χ4n) is 1.86. The summed E-state index contributed by atoms with van der Waals surface area (Å²) >= 11 is 0. The van der Waals surface area contributed by atoms with Gasteiger partial charge in [0.2, 0.25) is 0 Å². The minimum Gasteiger partial charge on any atom is -0.296 e. The van der Waals surface area contributed by atoms with E-state index < -0.39 is 0 Å². The first-order valence-electron chi connectivity index (χ1n) is 5.56. The topological polar surface area (TPSA) is 23.6 Å². The van der Waals surface area contributed by atoms with Crippen molar-refractivity contribution < 1.29 is 4.79 Å². The Hall–Kier alpha value is -0.670. The second-order valence-corrected chi connectivity index (χ2v) is 5.10. The maximum atomic E-state index is 11.2. The van der Waals surface area contributed by atoms with Gasteiger partial charge in [0.1, 0.15) is 0 Å². The Bertz CT molecular complexity index is 234. The predicted molar refractivity (Wildman–Crippen MR) is 63.0 cm³/mol. The lowest BCUT2D eigenvalue weighted by atomic mass is 10.0. The number of piperazine rings is 1. The van der Waals surface area contributed by atoms with Crippen LogP contribution < -0.4 is 0 Å². The first-order chi connectivity index (χ1) is 6.93. The molecule has 15 heavy (non-hydrogen) atoms. The van der Waals surface area contributed by atoms with Gasteiger partial charge in [-0.2, -0.15) is 0 Å². The molecule has 1 fully saturated rings. The normalized spacial score (nSPS) is 20.2. The van der Waals surface area contributed by atoms with Crippen molar-refractivity contribution in [3.63, 3.8) is 0 Å². The highest BCUT2D eigenvalue weighted by atomic mass is 16.1. The van der Waals surface area contributed by atoms with E-state index in [9.17, 15) is 4.79 Å². The molecule has 0 radical (unpaired) electrons. The molecule has 1 saturated heterocycles. The van der Waals surface area contributed by atoms with Gasteiger partial charge >= 0.3 is 0 Å². The molecule has 1 heterocycles. The summed E-state index contributed by atoms with van der Waals surface area (Å²) in [5.41, 5.74) is 0.245. The minimum atomic E-state index is 0.124. The zero-order valence-electron chi connectivity index (χ0n) is 10.1. The van der Waals surface area contributed by atoms with Crippen LogP contribution in [-0.2, 0) is 4.79 Å². The number of hydrogen-bond acceptors (Lipinski definition) is 3. The summed E-state index contributed by atoms with van der Waals surface area (Å²) in [5, 5.41) is 0. The molecule has 0 aromatic carbocycles. The molecule has 1 rings (SSSR count). The fraction of sp³-hybridized carbons (Fsp3) is 0.750. The Balaban J connectivity index is 2.36. The van der Waals surface area contributed by atoms with Crippen molar-refractivity contribution in [2.45, 2.75) is 26.3 Å². The third-order valence-electron chi connectivity index (χ3n) is 2.93. The zero-order chi connectivity index (χ0) is 11.5. The van der Waals surface area contributed by atoms with E-state index in [1.807, 2.05) is 0 Å². The molecule has 0 aliphatic carbocycles. The van der Waals surface area contributed by atoms with Crippen molar-refractivity contribution >= 4 is 5.78 Å². The number of carbonyl (C=O) groups excluding carboxylic acids is 1. The van der Waals surface area contributed by atoms with E-state index >= 15 is 0 Å². The number of carbonyl (C=O) groups is 1. The average molecular weight is 210 g/mol. The molecule has 0 amide bonds. The lowest BCUT2D eigenvalue weighted by Crippen LogP contribution is -2.54. The van der Waals surface area contributed by atoms with Crippen LogP contribution in [0.5, 0.6) is 0 Å². The smallest absolute Gasteiger partial charge is 0.169 e. The molecule has 0 saturated carbocycles. The van der Waals surface area contributed by atoms with E-state index in [1.165, 1.54) is 6.08 Å². The van der Waals surface area contributed by atoms with E-state index in [4.69, 9.17) is 0 Å². The second-order valence-electron chi connectivity index (χ2n) is 5.10. The molecule has 3 heteroatoms. The van der Waals surface area contributed by atoms with E-state index in [0.717, 1.165) is 26.2 Å². The Kier molecular flexibility index (Phi) is 4.05. The Morgan fingerprint density at radius 2 is 1.80 bits per heavy atom. The standard InChI is InChI=1S/C12H22N2O/c1-5-11(15)10-13-6-8-14(9-7-13)12(2,3)4/h5H,1,6-10H2,2-4H3. The summed E-state index contributed by atoms with van der Waals surface area (Å²) in [6.45, 7) is 14.8. The highest BCUT2D eigenvalue weighted by Gasteiger charge is 2.25. The molecule has 3 nitrogen and oxygen atoms in total. The highest BCUT2D eigenvalue weighted by Crippen LogP contribution is 2.15. The quantitative estimate of drug-likeness (QED) is 0.653. The van der Waals surface area contributed by atoms with Crippen LogP contribution in [0.4, 0.5) is 0 Å². The Labute approximate surface area is 92.7 Å². The SMILES string of the molecule is C=CC(=O)CN1CCN(C(C)(C)C)CC1. The summed E-state index contributed by atoms with van der Waals surface area (Å²) in [5.74, 6) is 0.124. The number of ketones is 1. The van der Waals surface area contributed by atoms with Crippen molar-refractivity contribution in [2.75, 3.05) is 32.7 Å². The van der Waals surface area contributed by atoms with Gasteiger partial charge in [0, 0.05) is 31.7 Å². The molecular formula is C12H22N2O. The minimum absolute atomic E-state index is 0.124. The van der Waals surface area contributed by atoms with Crippen LogP contribution >= 0.6 is 0 Å². The van der Waals surface area contributed by atoms with Crippen molar-refractivity contribution in [3.05, 3.63) is 12.7 Å². The summed E-state index contributed by atoms with van der Waals surface area (Å²) in [4.78, 5) is 15.8. The molecule has 86 valence electrons. The molecule has 0 aromatic rings. The highest BCUT2D eigenvalue weighted by molar-refractivity contribution is 5.90. The van der Waals surface area contributed by atoms with E-state index in [1.54, 1.807) is 0 Å². The molecule has 0 spiro atoms. The van der Waals surface area contributed by atoms with Gasteiger partial charge in [-0.3, -0.25) is 14.6 Å². The van der Waals surface area contributed by atoms with Gasteiger partial charge < -0.3 is 0 Å². The first-order valence-corrected chi connectivity index (χ1v) is 5.56. The predicted octanol–water partition coefficient (Wildman–Crippen LogP) is 1.16. The van der Waals surface area contributed by atoms with Crippen LogP contribution in [0, 0.1) is 0 Å². The zero-order valence-corrected chi connectivity index (χ0v) is 10.1. The molecule has 0 bridgehead atoms. The van der Waals surface area contributed by atoms with Crippen molar-refractivity contribution in [1.29, 1.82) is 0 Å². The molecule has 1 aliphatic rings. The monoisotopic (exact) mass is 210 g/mol. The Morgan fingerprint density at radius 3 is 2.20 bits per heavy atom. The molecule has 1 aliphatic heterocycles. The van der Waals surface area contributed by atoms with Crippen molar-refractivity contribution in [3.8, 4) is 0 Å². The van der Waals surface area contributed by atoms with Gasteiger partial charge in [-0.15, -0.1) is 0 Å². The van der Waals surface area contributed by atoms with Crippen LogP contribution in [0.1, 0.15) is 20.8 Å². The van der Waals surface area contributed by atoms with Crippen LogP contribution in [0.25, 0.3) is 0 Å². The van der Waals surface area contributed by atoms with Crippen molar-refractivity contribution in [2.24, 2.45) is 0 Å². The summed E-state index contributed by atoms with van der Waals surface area (Å²) in [7, 11) is 0. The van der Waals surface area contributed by atoms with Gasteiger partial charge in [-0.1, -0.05) is 6.58 Å². The third kappa shape index (κ3) is 3.76. The second kappa shape index (κ2) is 4.90.